The second-order valence-electron chi connectivity index (χ2n) is 8.82. The first-order valence-corrected chi connectivity index (χ1v) is 11.6. The van der Waals surface area contributed by atoms with Gasteiger partial charge in [-0.3, -0.25) is 9.89 Å². The molecule has 2 aliphatic heterocycles. The number of methoxy groups -OCH3 is 2. The third-order valence-corrected chi connectivity index (χ3v) is 6.20. The quantitative estimate of drug-likeness (QED) is 0.312. The van der Waals surface area contributed by atoms with Crippen LogP contribution >= 0.6 is 24.0 Å². The topological polar surface area (TPSA) is 58.6 Å². The lowest BCUT2D eigenvalue weighted by molar-refractivity contribution is 0.0178. The molecule has 0 saturated carbocycles. The van der Waals surface area contributed by atoms with Crippen LogP contribution in [0.1, 0.15) is 38.8 Å². The van der Waals surface area contributed by atoms with Crippen molar-refractivity contribution in [2.45, 2.75) is 33.2 Å². The van der Waals surface area contributed by atoms with E-state index in [-0.39, 0.29) is 30.0 Å². The monoisotopic (exact) mass is 560 g/mol. The standard InChI is InChI=1S/C24H40N4O3.HI/c1-6-25-24(28-16-18(2)13-19(3)17-28)26-15-21(27-9-11-31-12-10-27)20-7-8-22(29-4)23(14-20)30-5;/h7-8,14,18-19,21H,6,9-13,15-17H2,1-5H3,(H,25,26);1H. The van der Waals surface area contributed by atoms with Gasteiger partial charge in [-0.15, -0.1) is 24.0 Å². The fraction of sp³-hybridized carbons (Fsp3) is 0.708. The molecule has 0 amide bonds. The Balaban J connectivity index is 0.00000363. The molecule has 2 fully saturated rings. The molecule has 3 unspecified atom stereocenters. The first kappa shape index (κ1) is 27.0. The molecule has 0 aromatic heterocycles. The Bertz CT molecular complexity index is 717. The number of piperidine rings is 1. The van der Waals surface area contributed by atoms with Crippen LogP contribution in [0.5, 0.6) is 11.5 Å². The third-order valence-electron chi connectivity index (χ3n) is 6.20. The van der Waals surface area contributed by atoms with Gasteiger partial charge in [0.2, 0.25) is 0 Å². The van der Waals surface area contributed by atoms with E-state index in [4.69, 9.17) is 19.2 Å². The lowest BCUT2D eigenvalue weighted by Gasteiger charge is -2.38. The largest absolute Gasteiger partial charge is 0.493 e. The summed E-state index contributed by atoms with van der Waals surface area (Å²) in [7, 11) is 3.36. The molecule has 182 valence electrons. The fourth-order valence-corrected chi connectivity index (χ4v) is 4.82. The Labute approximate surface area is 210 Å². The van der Waals surface area contributed by atoms with E-state index in [1.165, 1.54) is 12.0 Å². The molecular weight excluding hydrogens is 519 g/mol. The number of morpholine rings is 1. The lowest BCUT2D eigenvalue weighted by Crippen LogP contribution is -2.49. The van der Waals surface area contributed by atoms with E-state index < -0.39 is 0 Å². The Kier molecular flexibility index (Phi) is 11.3. The zero-order valence-electron chi connectivity index (χ0n) is 20.3. The number of hydrogen-bond donors (Lipinski definition) is 1. The number of aliphatic imine (C=N–C) groups is 1. The molecule has 32 heavy (non-hydrogen) atoms. The van der Waals surface area contributed by atoms with Gasteiger partial charge in [0.1, 0.15) is 0 Å². The van der Waals surface area contributed by atoms with E-state index in [9.17, 15) is 0 Å². The number of rotatable bonds is 7. The van der Waals surface area contributed by atoms with Gasteiger partial charge >= 0.3 is 0 Å². The van der Waals surface area contributed by atoms with Crippen molar-refractivity contribution in [3.05, 3.63) is 23.8 Å². The number of hydrogen-bond acceptors (Lipinski definition) is 5. The number of guanidine groups is 1. The molecule has 2 aliphatic rings. The summed E-state index contributed by atoms with van der Waals surface area (Å²) >= 11 is 0. The highest BCUT2D eigenvalue weighted by atomic mass is 127. The summed E-state index contributed by atoms with van der Waals surface area (Å²) in [5.41, 5.74) is 1.19. The molecule has 7 nitrogen and oxygen atoms in total. The third kappa shape index (κ3) is 7.12. The van der Waals surface area contributed by atoms with Crippen LogP contribution in [0.4, 0.5) is 0 Å². The summed E-state index contributed by atoms with van der Waals surface area (Å²) in [6, 6.07) is 6.38. The second-order valence-corrected chi connectivity index (χ2v) is 8.82. The highest BCUT2D eigenvalue weighted by Crippen LogP contribution is 2.32. The van der Waals surface area contributed by atoms with Crippen LogP contribution in [0.25, 0.3) is 0 Å². The first-order chi connectivity index (χ1) is 15.0. The highest BCUT2D eigenvalue weighted by Gasteiger charge is 2.26. The lowest BCUT2D eigenvalue weighted by atomic mass is 9.92. The molecule has 0 aliphatic carbocycles. The second kappa shape index (κ2) is 13.4. The number of ether oxygens (including phenoxy) is 3. The van der Waals surface area contributed by atoms with Gasteiger partial charge in [0.25, 0.3) is 0 Å². The molecule has 0 radical (unpaired) electrons. The average molecular weight is 561 g/mol. The van der Waals surface area contributed by atoms with Gasteiger partial charge in [0.15, 0.2) is 17.5 Å². The fourth-order valence-electron chi connectivity index (χ4n) is 4.82. The first-order valence-electron chi connectivity index (χ1n) is 11.6. The molecule has 3 atom stereocenters. The predicted octanol–water partition coefficient (Wildman–Crippen LogP) is 3.64. The Morgan fingerprint density at radius 3 is 2.38 bits per heavy atom. The van der Waals surface area contributed by atoms with Crippen LogP contribution in [0.3, 0.4) is 0 Å². The Hall–Kier alpha value is -1.26. The van der Waals surface area contributed by atoms with Gasteiger partial charge in [-0.1, -0.05) is 19.9 Å². The van der Waals surface area contributed by atoms with Crippen molar-refractivity contribution >= 4 is 29.9 Å². The van der Waals surface area contributed by atoms with Crippen LogP contribution < -0.4 is 14.8 Å². The van der Waals surface area contributed by atoms with E-state index in [0.29, 0.717) is 18.4 Å². The maximum atomic E-state index is 5.61. The molecule has 2 saturated heterocycles. The Morgan fingerprint density at radius 2 is 1.78 bits per heavy atom. The van der Waals surface area contributed by atoms with Crippen LogP contribution in [0, 0.1) is 11.8 Å². The van der Waals surface area contributed by atoms with Crippen molar-refractivity contribution in [3.8, 4) is 11.5 Å². The van der Waals surface area contributed by atoms with Crippen molar-refractivity contribution in [3.63, 3.8) is 0 Å². The number of benzene rings is 1. The molecule has 1 aromatic carbocycles. The van der Waals surface area contributed by atoms with Gasteiger partial charge in [0, 0.05) is 32.7 Å². The summed E-state index contributed by atoms with van der Waals surface area (Å²) in [5, 5.41) is 3.53. The van der Waals surface area contributed by atoms with Crippen molar-refractivity contribution in [2.75, 3.05) is 66.7 Å². The number of halogens is 1. The van der Waals surface area contributed by atoms with Crippen LogP contribution in [-0.2, 0) is 4.74 Å². The van der Waals surface area contributed by atoms with Gasteiger partial charge in [0.05, 0.1) is 40.0 Å². The van der Waals surface area contributed by atoms with Crippen molar-refractivity contribution in [2.24, 2.45) is 16.8 Å². The van der Waals surface area contributed by atoms with Crippen molar-refractivity contribution in [1.29, 1.82) is 0 Å². The van der Waals surface area contributed by atoms with E-state index in [1.54, 1.807) is 14.2 Å². The maximum absolute atomic E-state index is 5.61. The summed E-state index contributed by atoms with van der Waals surface area (Å²) in [5.74, 6) is 3.91. The highest BCUT2D eigenvalue weighted by molar-refractivity contribution is 14.0. The zero-order valence-corrected chi connectivity index (χ0v) is 22.6. The van der Waals surface area contributed by atoms with E-state index >= 15 is 0 Å². The maximum Gasteiger partial charge on any atom is 0.193 e. The summed E-state index contributed by atoms with van der Waals surface area (Å²) in [4.78, 5) is 10.0. The van der Waals surface area contributed by atoms with Crippen molar-refractivity contribution < 1.29 is 14.2 Å². The molecule has 8 heteroatoms. The smallest absolute Gasteiger partial charge is 0.193 e. The Morgan fingerprint density at radius 1 is 1.12 bits per heavy atom. The normalized spacial score (nSPS) is 23.3. The average Bonchev–Trinajstić information content (AvgIpc) is 2.78. The molecule has 0 bridgehead atoms. The molecule has 1 N–H and O–H groups in total. The minimum Gasteiger partial charge on any atom is -0.493 e. The van der Waals surface area contributed by atoms with Crippen LogP contribution in [0.15, 0.2) is 23.2 Å². The predicted molar refractivity (Wildman–Crippen MR) is 141 cm³/mol. The minimum absolute atomic E-state index is 0. The molecule has 2 heterocycles. The SMILES string of the molecule is CCNC(=NCC(c1ccc(OC)c(OC)c1)N1CCOCC1)N1CC(C)CC(C)C1.I. The van der Waals surface area contributed by atoms with E-state index in [1.807, 2.05) is 6.07 Å². The molecule has 1 aromatic rings. The van der Waals surface area contributed by atoms with Crippen LogP contribution in [0.2, 0.25) is 0 Å². The van der Waals surface area contributed by atoms with Gasteiger partial charge in [-0.25, -0.2) is 0 Å². The molecule has 0 spiro atoms. The summed E-state index contributed by atoms with van der Waals surface area (Å²) in [6.45, 7) is 13.8. The summed E-state index contributed by atoms with van der Waals surface area (Å²) < 4.78 is 16.6. The number of nitrogens with zero attached hydrogens (tertiary/aromatic N) is 3. The minimum atomic E-state index is 0. The van der Waals surface area contributed by atoms with E-state index in [2.05, 4.69) is 48.0 Å². The number of likely N-dealkylation sites (tertiary alicyclic amines) is 1. The van der Waals surface area contributed by atoms with Crippen molar-refractivity contribution in [1.82, 2.24) is 15.1 Å². The zero-order chi connectivity index (χ0) is 22.2. The van der Waals surface area contributed by atoms with Gasteiger partial charge in [-0.2, -0.15) is 0 Å². The molecule has 3 rings (SSSR count). The van der Waals surface area contributed by atoms with Gasteiger partial charge < -0.3 is 24.4 Å². The van der Waals surface area contributed by atoms with Gasteiger partial charge in [-0.05, 0) is 42.9 Å². The van der Waals surface area contributed by atoms with E-state index in [0.717, 1.165) is 63.4 Å². The van der Waals surface area contributed by atoms with Crippen LogP contribution in [-0.4, -0.2) is 82.5 Å². The molecular formula is C24H41IN4O3. The number of nitrogens with one attached hydrogen (secondary N) is 1. The summed E-state index contributed by atoms with van der Waals surface area (Å²) in [6.07, 6.45) is 1.29.